The molecule has 21 heavy (non-hydrogen) atoms. The Hall–Kier alpha value is 0.300. The number of sulfone groups is 1. The van der Waals surface area contributed by atoms with Crippen LogP contribution in [0.25, 0.3) is 0 Å². The molecular formula is C13H30IN3O2S2. The minimum atomic E-state index is -3.11. The summed E-state index contributed by atoms with van der Waals surface area (Å²) >= 11 is 1.85. The van der Waals surface area contributed by atoms with E-state index in [4.69, 9.17) is 0 Å². The SMILES string of the molecule is CCNC(=NCC(C)(C)S(C)(=O)=O)NCCCCSC.I. The van der Waals surface area contributed by atoms with Gasteiger partial charge in [-0.3, -0.25) is 4.99 Å². The van der Waals surface area contributed by atoms with Crippen molar-refractivity contribution in [3.05, 3.63) is 0 Å². The zero-order valence-electron chi connectivity index (χ0n) is 13.7. The smallest absolute Gasteiger partial charge is 0.191 e. The van der Waals surface area contributed by atoms with Crippen molar-refractivity contribution in [2.75, 3.05) is 37.9 Å². The number of guanidine groups is 1. The Labute approximate surface area is 151 Å². The van der Waals surface area contributed by atoms with Gasteiger partial charge in [-0.2, -0.15) is 11.8 Å². The van der Waals surface area contributed by atoms with Gasteiger partial charge in [0.1, 0.15) is 0 Å². The predicted octanol–water partition coefficient (Wildman–Crippen LogP) is 2.13. The molecule has 0 aliphatic rings. The van der Waals surface area contributed by atoms with E-state index < -0.39 is 14.6 Å². The summed E-state index contributed by atoms with van der Waals surface area (Å²) in [5, 5.41) is 6.37. The van der Waals surface area contributed by atoms with Crippen molar-refractivity contribution >= 4 is 51.5 Å². The van der Waals surface area contributed by atoms with Crippen LogP contribution in [0.5, 0.6) is 0 Å². The third-order valence-corrected chi connectivity index (χ3v) is 5.87. The second-order valence-electron chi connectivity index (χ2n) is 5.35. The average Bonchev–Trinajstić information content (AvgIpc) is 2.34. The molecule has 0 atom stereocenters. The Bertz CT molecular complexity index is 398. The number of hydrogen-bond acceptors (Lipinski definition) is 4. The number of rotatable bonds is 9. The van der Waals surface area contributed by atoms with Gasteiger partial charge in [0.2, 0.25) is 0 Å². The van der Waals surface area contributed by atoms with Gasteiger partial charge < -0.3 is 10.6 Å². The fraction of sp³-hybridized carbons (Fsp3) is 0.923. The molecule has 0 aliphatic heterocycles. The van der Waals surface area contributed by atoms with Crippen molar-refractivity contribution in [3.63, 3.8) is 0 Å². The maximum absolute atomic E-state index is 11.6. The summed E-state index contributed by atoms with van der Waals surface area (Å²) in [5.74, 6) is 1.85. The molecule has 0 aliphatic carbocycles. The Morgan fingerprint density at radius 2 is 1.86 bits per heavy atom. The van der Waals surface area contributed by atoms with Gasteiger partial charge in [0.15, 0.2) is 15.8 Å². The van der Waals surface area contributed by atoms with Crippen molar-refractivity contribution in [2.45, 2.75) is 38.4 Å². The molecular weight excluding hydrogens is 421 g/mol. The zero-order valence-corrected chi connectivity index (χ0v) is 17.7. The van der Waals surface area contributed by atoms with Gasteiger partial charge in [-0.1, -0.05) is 0 Å². The molecule has 0 aromatic rings. The number of aliphatic imine (C=N–C) groups is 1. The van der Waals surface area contributed by atoms with E-state index in [1.54, 1.807) is 13.8 Å². The van der Waals surface area contributed by atoms with Crippen LogP contribution in [-0.2, 0) is 9.84 Å². The van der Waals surface area contributed by atoms with E-state index in [0.717, 1.165) is 25.3 Å². The Balaban J connectivity index is 0. The van der Waals surface area contributed by atoms with Gasteiger partial charge in [-0.25, -0.2) is 8.42 Å². The Morgan fingerprint density at radius 3 is 2.33 bits per heavy atom. The normalized spacial score (nSPS) is 12.7. The molecule has 0 rings (SSSR count). The van der Waals surface area contributed by atoms with Crippen LogP contribution in [0.15, 0.2) is 4.99 Å². The summed E-state index contributed by atoms with van der Waals surface area (Å²) in [6.07, 6.45) is 5.61. The van der Waals surface area contributed by atoms with Crippen molar-refractivity contribution in [2.24, 2.45) is 4.99 Å². The van der Waals surface area contributed by atoms with Crippen LogP contribution in [0.1, 0.15) is 33.6 Å². The van der Waals surface area contributed by atoms with Crippen LogP contribution >= 0.6 is 35.7 Å². The fourth-order valence-corrected chi connectivity index (χ4v) is 2.10. The highest BCUT2D eigenvalue weighted by molar-refractivity contribution is 14.0. The van der Waals surface area contributed by atoms with E-state index in [9.17, 15) is 8.42 Å². The lowest BCUT2D eigenvalue weighted by Gasteiger charge is -2.21. The molecule has 0 unspecified atom stereocenters. The highest BCUT2D eigenvalue weighted by Gasteiger charge is 2.29. The topological polar surface area (TPSA) is 70.6 Å². The monoisotopic (exact) mass is 451 g/mol. The lowest BCUT2D eigenvalue weighted by Crippen LogP contribution is -2.41. The minimum Gasteiger partial charge on any atom is -0.357 e. The zero-order chi connectivity index (χ0) is 15.6. The molecule has 128 valence electrons. The van der Waals surface area contributed by atoms with Crippen LogP contribution in [-0.4, -0.2) is 57.0 Å². The molecule has 0 saturated heterocycles. The Kier molecular flexibility index (Phi) is 13.3. The molecule has 5 nitrogen and oxygen atoms in total. The third kappa shape index (κ3) is 10.6. The minimum absolute atomic E-state index is 0. The van der Waals surface area contributed by atoms with Crippen LogP contribution in [0, 0.1) is 0 Å². The molecule has 0 spiro atoms. The number of nitrogens with zero attached hydrogens (tertiary/aromatic N) is 1. The van der Waals surface area contributed by atoms with Gasteiger partial charge in [0.25, 0.3) is 0 Å². The van der Waals surface area contributed by atoms with E-state index in [1.807, 2.05) is 18.7 Å². The molecule has 0 fully saturated rings. The van der Waals surface area contributed by atoms with Gasteiger partial charge in [-0.15, -0.1) is 24.0 Å². The van der Waals surface area contributed by atoms with E-state index in [2.05, 4.69) is 21.9 Å². The first-order valence-corrected chi connectivity index (χ1v) is 10.2. The first-order chi connectivity index (χ1) is 9.24. The van der Waals surface area contributed by atoms with E-state index in [1.165, 1.54) is 12.7 Å². The van der Waals surface area contributed by atoms with Gasteiger partial charge in [-0.05, 0) is 45.6 Å². The van der Waals surface area contributed by atoms with Crippen molar-refractivity contribution in [1.29, 1.82) is 0 Å². The molecule has 0 aromatic carbocycles. The first-order valence-electron chi connectivity index (χ1n) is 6.95. The number of nitrogens with one attached hydrogen (secondary N) is 2. The number of halogens is 1. The van der Waals surface area contributed by atoms with Crippen LogP contribution in [0.3, 0.4) is 0 Å². The average molecular weight is 451 g/mol. The molecule has 2 N–H and O–H groups in total. The maximum Gasteiger partial charge on any atom is 0.191 e. The first kappa shape index (κ1) is 23.6. The molecule has 0 bridgehead atoms. The molecule has 0 aromatic heterocycles. The highest BCUT2D eigenvalue weighted by Crippen LogP contribution is 2.15. The van der Waals surface area contributed by atoms with E-state index in [-0.39, 0.29) is 30.5 Å². The Morgan fingerprint density at radius 1 is 1.24 bits per heavy atom. The van der Waals surface area contributed by atoms with Gasteiger partial charge >= 0.3 is 0 Å². The fourth-order valence-electron chi connectivity index (χ4n) is 1.31. The standard InChI is InChI=1S/C13H29N3O2S2.HI/c1-6-14-12(15-9-7-8-10-19-4)16-11-13(2,3)20(5,17)18;/h6-11H2,1-5H3,(H2,14,15,16);1H. The summed E-state index contributed by atoms with van der Waals surface area (Å²) in [5.41, 5.74) is 0. The summed E-state index contributed by atoms with van der Waals surface area (Å²) in [6.45, 7) is 7.27. The van der Waals surface area contributed by atoms with E-state index >= 15 is 0 Å². The largest absolute Gasteiger partial charge is 0.357 e. The number of unbranched alkanes of at least 4 members (excludes halogenated alkanes) is 1. The lowest BCUT2D eigenvalue weighted by atomic mass is 10.2. The second-order valence-corrected chi connectivity index (χ2v) is 8.99. The van der Waals surface area contributed by atoms with Gasteiger partial charge in [0.05, 0.1) is 11.3 Å². The molecule has 0 saturated carbocycles. The maximum atomic E-state index is 11.6. The summed E-state index contributed by atoms with van der Waals surface area (Å²) in [6, 6.07) is 0. The summed E-state index contributed by atoms with van der Waals surface area (Å²) < 4.78 is 22.4. The van der Waals surface area contributed by atoms with Crippen LogP contribution in [0.4, 0.5) is 0 Å². The molecule has 8 heteroatoms. The van der Waals surface area contributed by atoms with Crippen molar-refractivity contribution in [1.82, 2.24) is 10.6 Å². The van der Waals surface area contributed by atoms with Crippen molar-refractivity contribution < 1.29 is 8.42 Å². The van der Waals surface area contributed by atoms with E-state index in [0.29, 0.717) is 5.96 Å². The predicted molar refractivity (Wildman–Crippen MR) is 106 cm³/mol. The van der Waals surface area contributed by atoms with Gasteiger partial charge in [0, 0.05) is 19.3 Å². The highest BCUT2D eigenvalue weighted by atomic mass is 127. The third-order valence-electron chi connectivity index (χ3n) is 3.03. The summed E-state index contributed by atoms with van der Waals surface area (Å²) in [4.78, 5) is 4.38. The molecule has 0 heterocycles. The second kappa shape index (κ2) is 11.8. The van der Waals surface area contributed by atoms with Crippen molar-refractivity contribution in [3.8, 4) is 0 Å². The van der Waals surface area contributed by atoms with Crippen LogP contribution < -0.4 is 10.6 Å². The lowest BCUT2D eigenvalue weighted by molar-refractivity contribution is 0.554. The quantitative estimate of drug-likeness (QED) is 0.243. The number of thioether (sulfide) groups is 1. The number of hydrogen-bond donors (Lipinski definition) is 2. The molecule has 0 amide bonds. The van der Waals surface area contributed by atoms with Crippen LogP contribution in [0.2, 0.25) is 0 Å². The molecule has 0 radical (unpaired) electrons. The summed E-state index contributed by atoms with van der Waals surface area (Å²) in [7, 11) is -3.11.